The molecule has 0 aliphatic heterocycles. The largest absolute Gasteiger partial charge is 0.490 e. The quantitative estimate of drug-likeness (QED) is 0.359. The highest BCUT2D eigenvalue weighted by Crippen LogP contribution is 2.61. The molecule has 0 unspecified atom stereocenters. The molecule has 0 saturated heterocycles. The van der Waals surface area contributed by atoms with Crippen LogP contribution < -0.4 is 14.8 Å². The third kappa shape index (κ3) is 5.05. The van der Waals surface area contributed by atoms with Crippen molar-refractivity contribution in [2.45, 2.75) is 71.6 Å². The summed E-state index contributed by atoms with van der Waals surface area (Å²) in [5.74, 6) is 4.09. The molecule has 4 aliphatic carbocycles. The number of ether oxygens (including phenoxy) is 2. The molecular formula is C28H34Cl3NO2. The second kappa shape index (κ2) is 10.1. The summed E-state index contributed by atoms with van der Waals surface area (Å²) in [7, 11) is 0. The van der Waals surface area contributed by atoms with E-state index in [-0.39, 0.29) is 6.61 Å². The van der Waals surface area contributed by atoms with E-state index in [2.05, 4.69) is 12.2 Å². The number of hydrogen-bond acceptors (Lipinski definition) is 3. The Kier molecular flexibility index (Phi) is 7.29. The van der Waals surface area contributed by atoms with Crippen LogP contribution in [0.2, 0.25) is 15.1 Å². The zero-order valence-corrected chi connectivity index (χ0v) is 22.3. The van der Waals surface area contributed by atoms with Crippen molar-refractivity contribution >= 4 is 34.8 Å². The van der Waals surface area contributed by atoms with Gasteiger partial charge in [-0.2, -0.15) is 0 Å². The first-order valence-corrected chi connectivity index (χ1v) is 13.7. The SMILES string of the molecule is CCOc1cc(CN[C@@H](C)C23CC4CC(CC(C4)C2)C3)cc(Cl)c1OCc1ccc(Cl)cc1Cl. The molecule has 4 bridgehead atoms. The Morgan fingerprint density at radius 1 is 0.941 bits per heavy atom. The van der Waals surface area contributed by atoms with Gasteiger partial charge in [-0.15, -0.1) is 0 Å². The lowest BCUT2D eigenvalue weighted by Gasteiger charge is -2.59. The lowest BCUT2D eigenvalue weighted by molar-refractivity contribution is -0.0706. The fourth-order valence-corrected chi connectivity index (χ4v) is 7.86. The van der Waals surface area contributed by atoms with Gasteiger partial charge in [0.1, 0.15) is 6.61 Å². The molecule has 0 aromatic heterocycles. The van der Waals surface area contributed by atoms with Crippen molar-refractivity contribution in [1.82, 2.24) is 5.32 Å². The van der Waals surface area contributed by atoms with Gasteiger partial charge in [0.2, 0.25) is 0 Å². The van der Waals surface area contributed by atoms with Crippen LogP contribution in [0, 0.1) is 23.2 Å². The summed E-state index contributed by atoms with van der Waals surface area (Å²) < 4.78 is 12.0. The maximum absolute atomic E-state index is 6.69. The van der Waals surface area contributed by atoms with E-state index in [1.165, 1.54) is 38.5 Å². The van der Waals surface area contributed by atoms with Gasteiger partial charge in [-0.05, 0) is 105 Å². The minimum Gasteiger partial charge on any atom is -0.490 e. The molecule has 1 N–H and O–H groups in total. The Balaban J connectivity index is 1.27. The molecule has 2 aromatic carbocycles. The topological polar surface area (TPSA) is 30.5 Å². The minimum atomic E-state index is 0.288. The van der Waals surface area contributed by atoms with Crippen LogP contribution in [0.3, 0.4) is 0 Å². The predicted octanol–water partition coefficient (Wildman–Crippen LogP) is 8.32. The second-order valence-electron chi connectivity index (χ2n) is 10.7. The fourth-order valence-electron chi connectivity index (χ4n) is 7.11. The fraction of sp³-hybridized carbons (Fsp3) is 0.571. The summed E-state index contributed by atoms with van der Waals surface area (Å²) in [6, 6.07) is 9.92. The molecule has 4 aliphatic rings. The molecule has 0 radical (unpaired) electrons. The molecule has 0 spiro atoms. The van der Waals surface area contributed by atoms with Gasteiger partial charge in [-0.25, -0.2) is 0 Å². The predicted molar refractivity (Wildman–Crippen MR) is 140 cm³/mol. The van der Waals surface area contributed by atoms with E-state index in [1.54, 1.807) is 12.1 Å². The molecule has 3 nitrogen and oxygen atoms in total. The van der Waals surface area contributed by atoms with Crippen LogP contribution in [0.1, 0.15) is 63.5 Å². The number of nitrogens with one attached hydrogen (secondary N) is 1. The van der Waals surface area contributed by atoms with Crippen LogP contribution in [-0.4, -0.2) is 12.6 Å². The van der Waals surface area contributed by atoms with Crippen LogP contribution in [0.5, 0.6) is 11.5 Å². The molecule has 2 aromatic rings. The van der Waals surface area contributed by atoms with Crippen molar-refractivity contribution in [1.29, 1.82) is 0 Å². The normalized spacial score (nSPS) is 28.2. The Bertz CT molecular complexity index is 1010. The molecule has 4 fully saturated rings. The zero-order valence-electron chi connectivity index (χ0n) is 20.0. The molecule has 6 heteroatoms. The van der Waals surface area contributed by atoms with E-state index < -0.39 is 0 Å². The lowest BCUT2D eigenvalue weighted by atomic mass is 9.48. The van der Waals surface area contributed by atoms with E-state index in [0.29, 0.717) is 44.6 Å². The third-order valence-corrected chi connectivity index (χ3v) is 9.24. The van der Waals surface area contributed by atoms with Crippen molar-refractivity contribution in [3.05, 3.63) is 56.5 Å². The molecule has 34 heavy (non-hydrogen) atoms. The third-order valence-electron chi connectivity index (χ3n) is 8.37. The number of halogens is 3. The Labute approximate surface area is 218 Å². The molecule has 1 atom stereocenters. The van der Waals surface area contributed by atoms with Crippen LogP contribution in [0.25, 0.3) is 0 Å². The van der Waals surface area contributed by atoms with Crippen molar-refractivity contribution in [2.75, 3.05) is 6.61 Å². The highest BCUT2D eigenvalue weighted by molar-refractivity contribution is 6.35. The smallest absolute Gasteiger partial charge is 0.180 e. The average Bonchev–Trinajstić information content (AvgIpc) is 2.77. The molecule has 184 valence electrons. The second-order valence-corrected chi connectivity index (χ2v) is 12.0. The van der Waals surface area contributed by atoms with Gasteiger partial charge < -0.3 is 14.8 Å². The van der Waals surface area contributed by atoms with Gasteiger partial charge >= 0.3 is 0 Å². The summed E-state index contributed by atoms with van der Waals surface area (Å²) in [6.07, 6.45) is 8.63. The Morgan fingerprint density at radius 3 is 2.24 bits per heavy atom. The number of benzene rings is 2. The van der Waals surface area contributed by atoms with Gasteiger partial charge in [0.15, 0.2) is 11.5 Å². The van der Waals surface area contributed by atoms with Gasteiger partial charge in [0.25, 0.3) is 0 Å². The average molecular weight is 523 g/mol. The zero-order chi connectivity index (χ0) is 23.9. The van der Waals surface area contributed by atoms with Gasteiger partial charge in [-0.3, -0.25) is 0 Å². The minimum absolute atomic E-state index is 0.288. The van der Waals surface area contributed by atoms with Gasteiger partial charge in [-0.1, -0.05) is 40.9 Å². The molecule has 6 rings (SSSR count). The van der Waals surface area contributed by atoms with Crippen LogP contribution in [0.15, 0.2) is 30.3 Å². The van der Waals surface area contributed by atoms with Crippen LogP contribution in [-0.2, 0) is 13.2 Å². The monoisotopic (exact) mass is 521 g/mol. The van der Waals surface area contributed by atoms with E-state index in [1.807, 2.05) is 25.1 Å². The highest BCUT2D eigenvalue weighted by atomic mass is 35.5. The Hall–Kier alpha value is -1.13. The van der Waals surface area contributed by atoms with E-state index >= 15 is 0 Å². The van der Waals surface area contributed by atoms with E-state index in [9.17, 15) is 0 Å². The first-order chi connectivity index (χ1) is 16.3. The summed E-state index contributed by atoms with van der Waals surface area (Å²) in [6.45, 7) is 5.96. The van der Waals surface area contributed by atoms with Gasteiger partial charge in [0.05, 0.1) is 11.6 Å². The molecule has 0 amide bonds. The number of hydrogen-bond donors (Lipinski definition) is 1. The van der Waals surface area contributed by atoms with E-state index in [0.717, 1.165) is 35.4 Å². The maximum atomic E-state index is 6.69. The van der Waals surface area contributed by atoms with E-state index in [4.69, 9.17) is 44.3 Å². The standard InChI is InChI=1S/C28H34Cl3NO2/c1-3-33-26-10-21(9-25(31)27(26)34-16-22-4-5-23(29)11-24(22)30)15-32-17(2)28-12-18-6-19(13-28)8-20(7-18)14-28/h4-5,9-11,17-20,32H,3,6-8,12-16H2,1-2H3/t17-,18?,19?,20?,28?/m0/s1. The maximum Gasteiger partial charge on any atom is 0.180 e. The van der Waals surface area contributed by atoms with Crippen molar-refractivity contribution in [2.24, 2.45) is 23.2 Å². The van der Waals surface area contributed by atoms with Crippen LogP contribution >= 0.6 is 34.8 Å². The first kappa shape index (κ1) is 24.6. The highest BCUT2D eigenvalue weighted by Gasteiger charge is 2.52. The van der Waals surface area contributed by atoms with Crippen LogP contribution in [0.4, 0.5) is 0 Å². The molecular weight excluding hydrogens is 489 g/mol. The Morgan fingerprint density at radius 2 is 1.62 bits per heavy atom. The first-order valence-electron chi connectivity index (χ1n) is 12.6. The summed E-state index contributed by atoms with van der Waals surface area (Å²) in [5.41, 5.74) is 2.43. The van der Waals surface area contributed by atoms with Crippen molar-refractivity contribution in [3.8, 4) is 11.5 Å². The summed E-state index contributed by atoms with van der Waals surface area (Å²) in [4.78, 5) is 0. The summed E-state index contributed by atoms with van der Waals surface area (Å²) >= 11 is 19.0. The van der Waals surface area contributed by atoms with Crippen molar-refractivity contribution < 1.29 is 9.47 Å². The summed E-state index contributed by atoms with van der Waals surface area (Å²) in [5, 5.41) is 5.58. The molecule has 0 heterocycles. The lowest BCUT2D eigenvalue weighted by Crippen LogP contribution is -2.54. The van der Waals surface area contributed by atoms with Gasteiger partial charge in [0, 0.05) is 28.2 Å². The molecule has 4 saturated carbocycles. The van der Waals surface area contributed by atoms with Crippen molar-refractivity contribution in [3.63, 3.8) is 0 Å². The number of rotatable bonds is 9.